The predicted octanol–water partition coefficient (Wildman–Crippen LogP) is 3.15. The zero-order chi connectivity index (χ0) is 18.0. The molecule has 0 saturated heterocycles. The van der Waals surface area contributed by atoms with E-state index in [1.165, 1.54) is 30.6 Å². The maximum atomic E-state index is 12.1. The van der Waals surface area contributed by atoms with Crippen LogP contribution in [0.3, 0.4) is 0 Å². The quantitative estimate of drug-likeness (QED) is 0.399. The van der Waals surface area contributed by atoms with Crippen LogP contribution in [0.1, 0.15) is 20.2 Å². The molecule has 0 aliphatic heterocycles. The third-order valence-corrected chi connectivity index (χ3v) is 4.90. The van der Waals surface area contributed by atoms with Gasteiger partial charge in [0.2, 0.25) is 0 Å². The number of methoxy groups -OCH3 is 1. The van der Waals surface area contributed by atoms with E-state index >= 15 is 0 Å². The van der Waals surface area contributed by atoms with E-state index in [2.05, 4.69) is 20.0 Å². The Kier molecular flexibility index (Phi) is 4.59. The van der Waals surface area contributed by atoms with E-state index in [0.717, 1.165) is 11.3 Å². The number of thiophene rings is 1. The number of nitro groups is 1. The second-order valence-electron chi connectivity index (χ2n) is 4.68. The van der Waals surface area contributed by atoms with Crippen molar-refractivity contribution in [1.82, 2.24) is 9.97 Å². The molecular formula is C14H10N4O5S2. The molecule has 3 aromatic heterocycles. The Morgan fingerprint density at radius 1 is 1.40 bits per heavy atom. The lowest BCUT2D eigenvalue weighted by Crippen LogP contribution is -2.09. The van der Waals surface area contributed by atoms with E-state index in [1.54, 1.807) is 17.6 Å². The molecule has 0 radical (unpaired) electrons. The van der Waals surface area contributed by atoms with Crippen molar-refractivity contribution in [2.45, 2.75) is 0 Å². The van der Waals surface area contributed by atoms with E-state index < -0.39 is 16.8 Å². The number of amides is 1. The van der Waals surface area contributed by atoms with Crippen LogP contribution in [0.25, 0.3) is 11.3 Å². The van der Waals surface area contributed by atoms with Gasteiger partial charge in [-0.25, -0.2) is 9.78 Å². The summed E-state index contributed by atoms with van der Waals surface area (Å²) in [7, 11) is 1.29. The smallest absolute Gasteiger partial charge is 0.354 e. The minimum Gasteiger partial charge on any atom is -0.464 e. The molecule has 128 valence electrons. The molecule has 11 heteroatoms. The fourth-order valence-corrected chi connectivity index (χ4v) is 3.37. The number of aromatic nitrogens is 2. The van der Waals surface area contributed by atoms with Gasteiger partial charge in [-0.2, -0.15) is 0 Å². The van der Waals surface area contributed by atoms with Gasteiger partial charge in [-0.05, 0) is 12.1 Å². The molecule has 0 aromatic carbocycles. The molecular weight excluding hydrogens is 368 g/mol. The van der Waals surface area contributed by atoms with Gasteiger partial charge in [0.15, 0.2) is 5.13 Å². The zero-order valence-electron chi connectivity index (χ0n) is 12.6. The first kappa shape index (κ1) is 16.8. The summed E-state index contributed by atoms with van der Waals surface area (Å²) in [5.74, 6) is -0.961. The van der Waals surface area contributed by atoms with Gasteiger partial charge in [0, 0.05) is 23.2 Å². The Balaban J connectivity index is 1.72. The number of H-pyrrole nitrogens is 1. The Morgan fingerprint density at radius 2 is 2.20 bits per heavy atom. The standard InChI is InChI=1S/C14H10N4O5S2/c1-23-13(20)8-4-7(5-15-8)9-6-24-14(16-9)17-12(19)10-2-3-11(25-10)18(21)22/h2-6,15H,1H3,(H,16,17,19). The van der Waals surface area contributed by atoms with Gasteiger partial charge in [0.1, 0.15) is 5.69 Å². The normalized spacial score (nSPS) is 10.4. The lowest BCUT2D eigenvalue weighted by Gasteiger charge is -1.97. The molecule has 0 aliphatic rings. The van der Waals surface area contributed by atoms with E-state index in [0.29, 0.717) is 22.1 Å². The highest BCUT2D eigenvalue weighted by Gasteiger charge is 2.17. The average molecular weight is 378 g/mol. The topological polar surface area (TPSA) is 127 Å². The minimum atomic E-state index is -0.548. The number of carbonyl (C=O) groups excluding carboxylic acids is 2. The highest BCUT2D eigenvalue weighted by atomic mass is 32.1. The summed E-state index contributed by atoms with van der Waals surface area (Å²) >= 11 is 1.99. The molecule has 0 unspecified atom stereocenters. The molecule has 3 heterocycles. The van der Waals surface area contributed by atoms with Crippen molar-refractivity contribution >= 4 is 44.7 Å². The second-order valence-corrected chi connectivity index (χ2v) is 6.60. The fourth-order valence-electron chi connectivity index (χ4n) is 1.94. The maximum Gasteiger partial charge on any atom is 0.354 e. The van der Waals surface area contributed by atoms with Gasteiger partial charge >= 0.3 is 11.0 Å². The molecule has 3 rings (SSSR count). The molecule has 3 aromatic rings. The third-order valence-electron chi connectivity index (χ3n) is 3.10. The number of nitrogens with one attached hydrogen (secondary N) is 2. The molecule has 2 N–H and O–H groups in total. The van der Waals surface area contributed by atoms with Crippen molar-refractivity contribution in [2.24, 2.45) is 0 Å². The van der Waals surface area contributed by atoms with Crippen molar-refractivity contribution in [3.63, 3.8) is 0 Å². The summed E-state index contributed by atoms with van der Waals surface area (Å²) in [6.07, 6.45) is 1.61. The SMILES string of the molecule is COC(=O)c1cc(-c2csc(NC(=O)c3ccc([N+](=O)[O-])s3)n2)c[nH]1. The van der Waals surface area contributed by atoms with E-state index in [-0.39, 0.29) is 9.88 Å². The first-order chi connectivity index (χ1) is 12.0. The number of hydrogen-bond acceptors (Lipinski definition) is 8. The van der Waals surface area contributed by atoms with Gasteiger partial charge in [0.05, 0.1) is 22.6 Å². The van der Waals surface area contributed by atoms with Crippen molar-refractivity contribution < 1.29 is 19.2 Å². The third kappa shape index (κ3) is 3.56. The molecule has 0 bridgehead atoms. The van der Waals surface area contributed by atoms with Crippen LogP contribution >= 0.6 is 22.7 Å². The number of anilines is 1. The summed E-state index contributed by atoms with van der Waals surface area (Å²) < 4.78 is 4.62. The summed E-state index contributed by atoms with van der Waals surface area (Å²) in [4.78, 5) is 40.9. The number of esters is 1. The summed E-state index contributed by atoms with van der Waals surface area (Å²) in [5, 5.41) is 15.2. The van der Waals surface area contributed by atoms with Crippen LogP contribution in [0.4, 0.5) is 10.1 Å². The number of aromatic amines is 1. The number of carbonyl (C=O) groups is 2. The predicted molar refractivity (Wildman–Crippen MR) is 92.2 cm³/mol. The number of ether oxygens (including phenoxy) is 1. The lowest BCUT2D eigenvalue weighted by molar-refractivity contribution is -0.380. The molecule has 9 nitrogen and oxygen atoms in total. The van der Waals surface area contributed by atoms with Crippen LogP contribution < -0.4 is 5.32 Å². The number of nitrogens with zero attached hydrogens (tertiary/aromatic N) is 2. The van der Waals surface area contributed by atoms with Crippen LogP contribution in [-0.2, 0) is 4.74 Å². The Morgan fingerprint density at radius 3 is 2.88 bits per heavy atom. The molecule has 25 heavy (non-hydrogen) atoms. The first-order valence-corrected chi connectivity index (χ1v) is 8.45. The van der Waals surface area contributed by atoms with Gasteiger partial charge in [-0.15, -0.1) is 11.3 Å². The Bertz CT molecular complexity index is 958. The van der Waals surface area contributed by atoms with Gasteiger partial charge in [-0.3, -0.25) is 20.2 Å². The Labute approximate surface area is 148 Å². The van der Waals surface area contributed by atoms with Crippen molar-refractivity contribution in [3.05, 3.63) is 50.5 Å². The summed E-state index contributed by atoms with van der Waals surface area (Å²) in [6, 6.07) is 4.26. The average Bonchev–Trinajstić information content (AvgIpc) is 3.32. The van der Waals surface area contributed by atoms with Gasteiger partial charge in [-0.1, -0.05) is 11.3 Å². The lowest BCUT2D eigenvalue weighted by atomic mass is 10.2. The fraction of sp³-hybridized carbons (Fsp3) is 0.0714. The van der Waals surface area contributed by atoms with Crippen LogP contribution in [0.15, 0.2) is 29.8 Å². The second kappa shape index (κ2) is 6.83. The molecule has 0 spiro atoms. The highest BCUT2D eigenvalue weighted by molar-refractivity contribution is 7.17. The molecule has 0 fully saturated rings. The number of rotatable bonds is 5. The van der Waals surface area contributed by atoms with Gasteiger partial charge in [0.25, 0.3) is 5.91 Å². The molecule has 1 amide bonds. The van der Waals surface area contributed by atoms with E-state index in [4.69, 9.17) is 0 Å². The Hall–Kier alpha value is -3.05. The van der Waals surface area contributed by atoms with Gasteiger partial charge < -0.3 is 9.72 Å². The van der Waals surface area contributed by atoms with Crippen LogP contribution in [0.2, 0.25) is 0 Å². The van der Waals surface area contributed by atoms with Crippen molar-refractivity contribution in [1.29, 1.82) is 0 Å². The van der Waals surface area contributed by atoms with Crippen LogP contribution in [0.5, 0.6) is 0 Å². The molecule has 0 aliphatic carbocycles. The number of thiazole rings is 1. The van der Waals surface area contributed by atoms with E-state index in [1.807, 2.05) is 0 Å². The summed E-state index contributed by atoms with van der Waals surface area (Å²) in [6.45, 7) is 0. The molecule has 0 saturated carbocycles. The van der Waals surface area contributed by atoms with Crippen molar-refractivity contribution in [3.8, 4) is 11.3 Å². The maximum absolute atomic E-state index is 12.1. The zero-order valence-corrected chi connectivity index (χ0v) is 14.3. The largest absolute Gasteiger partial charge is 0.464 e. The number of hydrogen-bond donors (Lipinski definition) is 2. The first-order valence-electron chi connectivity index (χ1n) is 6.76. The monoisotopic (exact) mass is 378 g/mol. The molecule has 0 atom stereocenters. The van der Waals surface area contributed by atoms with E-state index in [9.17, 15) is 19.7 Å². The van der Waals surface area contributed by atoms with Crippen LogP contribution in [-0.4, -0.2) is 33.9 Å². The van der Waals surface area contributed by atoms with Crippen molar-refractivity contribution in [2.75, 3.05) is 12.4 Å². The summed E-state index contributed by atoms with van der Waals surface area (Å²) in [5.41, 5.74) is 1.54. The van der Waals surface area contributed by atoms with Crippen LogP contribution in [0, 0.1) is 10.1 Å². The minimum absolute atomic E-state index is 0.104. The highest BCUT2D eigenvalue weighted by Crippen LogP contribution is 2.28.